The number of nitro groups is 1. The van der Waals surface area contributed by atoms with Crippen molar-refractivity contribution in [2.75, 3.05) is 13.7 Å². The molecule has 214 valence electrons. The monoisotopic (exact) mass is 566 g/mol. The fourth-order valence-electron chi connectivity index (χ4n) is 4.75. The second-order valence-electron chi connectivity index (χ2n) is 9.95. The minimum atomic E-state index is -0.490. The Morgan fingerprint density at radius 2 is 1.86 bits per heavy atom. The standard InChI is InChI=1S/C32H30N4O6/c1-6-41-30-15-20(4)26(17-25(30)19(2)3)31-34-27-10-8-7-9-23(27)32(37)35(31)33-18-22-12-14-28(42-22)24-13-11-21(36(38)39)16-29(24)40-5/h7-19H,6H2,1-5H3. The molecule has 0 radical (unpaired) electrons. The highest BCUT2D eigenvalue weighted by molar-refractivity contribution is 5.82. The van der Waals surface area contributed by atoms with Crippen molar-refractivity contribution in [2.45, 2.75) is 33.6 Å². The Balaban J connectivity index is 1.62. The van der Waals surface area contributed by atoms with Crippen LogP contribution in [0.25, 0.3) is 33.6 Å². The van der Waals surface area contributed by atoms with Crippen molar-refractivity contribution in [2.24, 2.45) is 5.10 Å². The lowest BCUT2D eigenvalue weighted by molar-refractivity contribution is -0.384. The Morgan fingerprint density at radius 3 is 2.57 bits per heavy atom. The van der Waals surface area contributed by atoms with Crippen LogP contribution in [0.15, 0.2) is 81.0 Å². The van der Waals surface area contributed by atoms with E-state index in [0.717, 1.165) is 22.4 Å². The van der Waals surface area contributed by atoms with E-state index in [2.05, 4.69) is 18.9 Å². The van der Waals surface area contributed by atoms with Crippen molar-refractivity contribution in [3.63, 3.8) is 0 Å². The smallest absolute Gasteiger partial charge is 0.282 e. The van der Waals surface area contributed by atoms with E-state index in [9.17, 15) is 14.9 Å². The minimum Gasteiger partial charge on any atom is -0.496 e. The van der Waals surface area contributed by atoms with Gasteiger partial charge in [0.15, 0.2) is 5.82 Å². The lowest BCUT2D eigenvalue weighted by Gasteiger charge is -2.18. The Kier molecular flexibility index (Phi) is 7.88. The van der Waals surface area contributed by atoms with Crippen LogP contribution in [0.3, 0.4) is 0 Å². The first-order valence-electron chi connectivity index (χ1n) is 13.5. The van der Waals surface area contributed by atoms with E-state index in [4.69, 9.17) is 18.9 Å². The maximum atomic E-state index is 13.7. The molecule has 0 spiro atoms. The first kappa shape index (κ1) is 28.3. The van der Waals surface area contributed by atoms with Crippen LogP contribution in [-0.2, 0) is 0 Å². The number of hydrogen-bond acceptors (Lipinski definition) is 8. The van der Waals surface area contributed by atoms with Crippen LogP contribution in [0.2, 0.25) is 0 Å². The molecule has 0 fully saturated rings. The molecule has 5 rings (SSSR count). The van der Waals surface area contributed by atoms with E-state index in [-0.39, 0.29) is 17.2 Å². The predicted molar refractivity (Wildman–Crippen MR) is 162 cm³/mol. The highest BCUT2D eigenvalue weighted by atomic mass is 16.6. The number of methoxy groups -OCH3 is 1. The molecule has 10 heteroatoms. The van der Waals surface area contributed by atoms with Crippen LogP contribution < -0.4 is 15.0 Å². The number of rotatable bonds is 9. The normalized spacial score (nSPS) is 11.5. The summed E-state index contributed by atoms with van der Waals surface area (Å²) in [6.45, 7) is 8.61. The average Bonchev–Trinajstić information content (AvgIpc) is 3.45. The maximum Gasteiger partial charge on any atom is 0.282 e. The van der Waals surface area contributed by atoms with Gasteiger partial charge in [0.05, 0.1) is 47.4 Å². The van der Waals surface area contributed by atoms with Gasteiger partial charge < -0.3 is 13.9 Å². The molecule has 0 aliphatic carbocycles. The van der Waals surface area contributed by atoms with Gasteiger partial charge in [0, 0.05) is 11.6 Å². The van der Waals surface area contributed by atoms with Crippen LogP contribution in [0, 0.1) is 17.0 Å². The van der Waals surface area contributed by atoms with Gasteiger partial charge in [-0.3, -0.25) is 14.9 Å². The summed E-state index contributed by atoms with van der Waals surface area (Å²) < 4.78 is 18.5. The molecule has 0 atom stereocenters. The van der Waals surface area contributed by atoms with Crippen LogP contribution in [0.1, 0.15) is 43.6 Å². The molecule has 0 saturated heterocycles. The first-order chi connectivity index (χ1) is 20.2. The predicted octanol–water partition coefficient (Wildman–Crippen LogP) is 6.95. The summed E-state index contributed by atoms with van der Waals surface area (Å²) in [5, 5.41) is 16.1. The Hall–Kier alpha value is -5.25. The van der Waals surface area contributed by atoms with Gasteiger partial charge in [-0.15, -0.1) is 0 Å². The number of para-hydroxylation sites is 1. The topological polar surface area (TPSA) is 122 Å². The number of non-ortho nitro benzene ring substituents is 1. The number of furan rings is 1. The van der Waals surface area contributed by atoms with Crippen molar-refractivity contribution in [3.05, 3.63) is 104 Å². The van der Waals surface area contributed by atoms with Crippen molar-refractivity contribution in [1.29, 1.82) is 0 Å². The van der Waals surface area contributed by atoms with E-state index in [1.165, 1.54) is 30.1 Å². The SMILES string of the molecule is CCOc1cc(C)c(-c2nc3ccccc3c(=O)n2N=Cc2ccc(-c3ccc([N+](=O)[O-])cc3OC)o2)cc1C(C)C. The summed E-state index contributed by atoms with van der Waals surface area (Å²) in [6.07, 6.45) is 1.44. The molecule has 0 saturated carbocycles. The molecule has 3 aromatic carbocycles. The number of aromatic nitrogens is 2. The fraction of sp³-hybridized carbons (Fsp3) is 0.219. The zero-order valence-corrected chi connectivity index (χ0v) is 24.0. The molecule has 2 aromatic heterocycles. The Bertz CT molecular complexity index is 1890. The van der Waals surface area contributed by atoms with Gasteiger partial charge in [0.1, 0.15) is 23.0 Å². The molecule has 0 unspecified atom stereocenters. The molecule has 0 aliphatic heterocycles. The second kappa shape index (κ2) is 11.7. The highest BCUT2D eigenvalue weighted by Gasteiger charge is 2.19. The van der Waals surface area contributed by atoms with Crippen molar-refractivity contribution in [3.8, 4) is 34.2 Å². The third-order valence-corrected chi connectivity index (χ3v) is 6.86. The van der Waals surface area contributed by atoms with Gasteiger partial charge >= 0.3 is 0 Å². The van der Waals surface area contributed by atoms with Crippen molar-refractivity contribution < 1.29 is 18.8 Å². The number of ether oxygens (including phenoxy) is 2. The van der Waals surface area contributed by atoms with Crippen molar-refractivity contribution >= 4 is 22.8 Å². The molecular weight excluding hydrogens is 536 g/mol. The molecule has 2 heterocycles. The quantitative estimate of drug-likeness (QED) is 0.107. The van der Waals surface area contributed by atoms with Gasteiger partial charge in [-0.25, -0.2) is 4.98 Å². The first-order valence-corrected chi connectivity index (χ1v) is 13.5. The molecule has 0 amide bonds. The zero-order valence-electron chi connectivity index (χ0n) is 24.0. The summed E-state index contributed by atoms with van der Waals surface area (Å²) in [7, 11) is 1.43. The van der Waals surface area contributed by atoms with E-state index < -0.39 is 4.92 Å². The van der Waals surface area contributed by atoms with Crippen LogP contribution >= 0.6 is 0 Å². The molecule has 42 heavy (non-hydrogen) atoms. The third-order valence-electron chi connectivity index (χ3n) is 6.86. The number of nitrogens with zero attached hydrogens (tertiary/aromatic N) is 4. The number of aryl methyl sites for hydroxylation is 1. The number of hydrogen-bond donors (Lipinski definition) is 0. The summed E-state index contributed by atoms with van der Waals surface area (Å²) in [6, 6.07) is 18.8. The van der Waals surface area contributed by atoms with Crippen LogP contribution in [0.5, 0.6) is 11.5 Å². The highest BCUT2D eigenvalue weighted by Crippen LogP contribution is 2.35. The third kappa shape index (κ3) is 5.38. The number of fused-ring (bicyclic) bond motifs is 1. The summed E-state index contributed by atoms with van der Waals surface area (Å²) in [5.41, 5.74) is 3.34. The molecule has 0 bridgehead atoms. The lowest BCUT2D eigenvalue weighted by atomic mass is 9.96. The fourth-order valence-corrected chi connectivity index (χ4v) is 4.75. The maximum absolute atomic E-state index is 13.7. The van der Waals surface area contributed by atoms with E-state index in [1.807, 2.05) is 32.0 Å². The zero-order chi connectivity index (χ0) is 30.0. The molecule has 0 N–H and O–H groups in total. The average molecular weight is 567 g/mol. The number of benzene rings is 3. The number of nitro benzene ring substituents is 1. The largest absolute Gasteiger partial charge is 0.496 e. The molecule has 5 aromatic rings. The molecular formula is C32H30N4O6. The summed E-state index contributed by atoms with van der Waals surface area (Å²) >= 11 is 0. The van der Waals surface area contributed by atoms with E-state index in [1.54, 1.807) is 36.4 Å². The van der Waals surface area contributed by atoms with Gasteiger partial charge in [-0.1, -0.05) is 26.0 Å². The molecule has 10 nitrogen and oxygen atoms in total. The van der Waals surface area contributed by atoms with Gasteiger partial charge in [-0.05, 0) is 73.4 Å². The van der Waals surface area contributed by atoms with Gasteiger partial charge in [0.25, 0.3) is 11.2 Å². The van der Waals surface area contributed by atoms with E-state index >= 15 is 0 Å². The molecule has 0 aliphatic rings. The van der Waals surface area contributed by atoms with Gasteiger partial charge in [0.2, 0.25) is 0 Å². The van der Waals surface area contributed by atoms with Gasteiger partial charge in [-0.2, -0.15) is 9.78 Å². The summed E-state index contributed by atoms with van der Waals surface area (Å²) in [5.74, 6) is 2.45. The second-order valence-corrected chi connectivity index (χ2v) is 9.95. The lowest BCUT2D eigenvalue weighted by Crippen LogP contribution is -2.20. The van der Waals surface area contributed by atoms with Crippen molar-refractivity contribution in [1.82, 2.24) is 9.66 Å². The van der Waals surface area contributed by atoms with Crippen LogP contribution in [-0.4, -0.2) is 34.5 Å². The van der Waals surface area contributed by atoms with E-state index in [0.29, 0.717) is 46.2 Å². The van der Waals surface area contributed by atoms with Crippen LogP contribution in [0.4, 0.5) is 5.69 Å². The Labute approximate surface area is 242 Å². The Morgan fingerprint density at radius 1 is 1.07 bits per heavy atom. The minimum absolute atomic E-state index is 0.0927. The summed E-state index contributed by atoms with van der Waals surface area (Å²) in [4.78, 5) is 29.3.